The number of carbonyl (C=O) groups is 2. The number of anilines is 1. The van der Waals surface area contributed by atoms with Crippen LogP contribution in [0.1, 0.15) is 28.4 Å². The van der Waals surface area contributed by atoms with Crippen molar-refractivity contribution < 1.29 is 27.5 Å². The normalized spacial score (nSPS) is 11.8. The maximum absolute atomic E-state index is 12.9. The van der Waals surface area contributed by atoms with Crippen molar-refractivity contribution in [3.63, 3.8) is 0 Å². The summed E-state index contributed by atoms with van der Waals surface area (Å²) >= 11 is 1.21. The zero-order chi connectivity index (χ0) is 24.0. The molecule has 0 aliphatic rings. The average Bonchev–Trinajstić information content (AvgIpc) is 2.79. The summed E-state index contributed by atoms with van der Waals surface area (Å²) in [5.74, 6) is -1.55. The van der Waals surface area contributed by atoms with Gasteiger partial charge in [0.2, 0.25) is 0 Å². The standard InChI is InChI=1S/C24H17F3N2O3S/c1-15(22(30)29-18-9-6-8-17(13-18)24(25,26)27)32-23(31)19-10-3-5-12-21(19)33-20-11-4-2-7-16(20)14-28/h2-13,15H,1H3,(H,29,30)/t15-/m1/s1. The van der Waals surface area contributed by atoms with Crippen LogP contribution in [-0.2, 0) is 15.7 Å². The molecule has 0 aromatic heterocycles. The minimum atomic E-state index is -4.55. The highest BCUT2D eigenvalue weighted by atomic mass is 32.2. The fourth-order valence-electron chi connectivity index (χ4n) is 2.79. The summed E-state index contributed by atoms with van der Waals surface area (Å²) in [7, 11) is 0. The number of halogens is 3. The summed E-state index contributed by atoms with van der Waals surface area (Å²) in [6.07, 6.45) is -5.82. The number of rotatable bonds is 6. The highest BCUT2D eigenvalue weighted by Crippen LogP contribution is 2.33. The fourth-order valence-corrected chi connectivity index (χ4v) is 3.80. The lowest BCUT2D eigenvalue weighted by molar-refractivity contribution is -0.137. The second kappa shape index (κ2) is 10.2. The molecule has 1 N–H and O–H groups in total. The van der Waals surface area contributed by atoms with Gasteiger partial charge in [-0.3, -0.25) is 4.79 Å². The van der Waals surface area contributed by atoms with Gasteiger partial charge < -0.3 is 10.1 Å². The van der Waals surface area contributed by atoms with E-state index in [-0.39, 0.29) is 11.3 Å². The van der Waals surface area contributed by atoms with Crippen LogP contribution in [0.2, 0.25) is 0 Å². The fraction of sp³-hybridized carbons (Fsp3) is 0.125. The van der Waals surface area contributed by atoms with Gasteiger partial charge in [-0.25, -0.2) is 4.79 Å². The summed E-state index contributed by atoms with van der Waals surface area (Å²) in [6.45, 7) is 1.32. The molecule has 0 fully saturated rings. The third-order valence-electron chi connectivity index (χ3n) is 4.44. The molecular weight excluding hydrogens is 453 g/mol. The summed E-state index contributed by atoms with van der Waals surface area (Å²) < 4.78 is 43.8. The average molecular weight is 470 g/mol. The Morgan fingerprint density at radius 1 is 1.00 bits per heavy atom. The van der Waals surface area contributed by atoms with Crippen LogP contribution in [0.4, 0.5) is 18.9 Å². The van der Waals surface area contributed by atoms with Crippen LogP contribution in [0, 0.1) is 11.3 Å². The van der Waals surface area contributed by atoms with Gasteiger partial charge in [-0.15, -0.1) is 0 Å². The molecule has 1 atom stereocenters. The van der Waals surface area contributed by atoms with Gasteiger partial charge in [0.25, 0.3) is 5.91 Å². The number of carbonyl (C=O) groups excluding carboxylic acids is 2. The molecule has 0 radical (unpaired) electrons. The van der Waals surface area contributed by atoms with Gasteiger partial charge >= 0.3 is 12.1 Å². The molecule has 168 valence electrons. The van der Waals surface area contributed by atoms with Crippen LogP contribution in [-0.4, -0.2) is 18.0 Å². The highest BCUT2D eigenvalue weighted by molar-refractivity contribution is 7.99. The summed E-state index contributed by atoms with van der Waals surface area (Å²) in [5.41, 5.74) is -0.344. The van der Waals surface area contributed by atoms with Gasteiger partial charge in [-0.1, -0.05) is 42.1 Å². The Labute approximate surface area is 192 Å². The number of hydrogen-bond donors (Lipinski definition) is 1. The molecule has 0 unspecified atom stereocenters. The second-order valence-corrected chi connectivity index (χ2v) is 7.91. The van der Waals surface area contributed by atoms with E-state index in [1.54, 1.807) is 42.5 Å². The number of amides is 1. The number of hydrogen-bond acceptors (Lipinski definition) is 5. The molecule has 0 aliphatic carbocycles. The monoisotopic (exact) mass is 470 g/mol. The first kappa shape index (κ1) is 23.9. The van der Waals surface area contributed by atoms with E-state index in [0.717, 1.165) is 12.1 Å². The molecule has 0 saturated carbocycles. The minimum Gasteiger partial charge on any atom is -0.449 e. The lowest BCUT2D eigenvalue weighted by atomic mass is 10.2. The van der Waals surface area contributed by atoms with Crippen molar-refractivity contribution >= 4 is 29.3 Å². The largest absolute Gasteiger partial charge is 0.449 e. The Morgan fingerprint density at radius 3 is 2.36 bits per heavy atom. The third kappa shape index (κ3) is 6.14. The molecule has 3 rings (SSSR count). The number of nitriles is 1. The number of benzene rings is 3. The summed E-state index contributed by atoms with van der Waals surface area (Å²) in [5, 5.41) is 11.6. The van der Waals surface area contributed by atoms with E-state index < -0.39 is 29.7 Å². The first-order chi connectivity index (χ1) is 15.7. The first-order valence-corrected chi connectivity index (χ1v) is 10.5. The van der Waals surface area contributed by atoms with Crippen molar-refractivity contribution in [1.82, 2.24) is 0 Å². The predicted octanol–water partition coefficient (Wildman–Crippen LogP) is 5.91. The van der Waals surface area contributed by atoms with Crippen molar-refractivity contribution in [3.05, 3.63) is 89.5 Å². The Kier molecular flexibility index (Phi) is 7.41. The quantitative estimate of drug-likeness (QED) is 0.453. The van der Waals surface area contributed by atoms with Crippen LogP contribution in [0.15, 0.2) is 82.6 Å². The molecule has 33 heavy (non-hydrogen) atoms. The lowest BCUT2D eigenvalue weighted by Crippen LogP contribution is -2.30. The van der Waals surface area contributed by atoms with Crippen molar-refractivity contribution in [2.45, 2.75) is 29.0 Å². The Bertz CT molecular complexity index is 1220. The van der Waals surface area contributed by atoms with Crippen LogP contribution < -0.4 is 5.32 Å². The molecule has 0 saturated heterocycles. The topological polar surface area (TPSA) is 79.2 Å². The van der Waals surface area contributed by atoms with Crippen molar-refractivity contribution in [1.29, 1.82) is 5.26 Å². The van der Waals surface area contributed by atoms with Gasteiger partial charge in [0.05, 0.1) is 16.7 Å². The van der Waals surface area contributed by atoms with E-state index in [9.17, 15) is 28.0 Å². The van der Waals surface area contributed by atoms with Crippen LogP contribution in [0.5, 0.6) is 0 Å². The number of nitrogens with one attached hydrogen (secondary N) is 1. The van der Waals surface area contributed by atoms with E-state index in [2.05, 4.69) is 11.4 Å². The van der Waals surface area contributed by atoms with E-state index in [0.29, 0.717) is 15.4 Å². The van der Waals surface area contributed by atoms with Gasteiger partial charge in [0, 0.05) is 15.5 Å². The third-order valence-corrected chi connectivity index (χ3v) is 5.60. The number of nitrogens with zero attached hydrogens (tertiary/aromatic N) is 1. The zero-order valence-corrected chi connectivity index (χ0v) is 18.0. The molecule has 0 heterocycles. The molecule has 0 aliphatic heterocycles. The molecule has 9 heteroatoms. The van der Waals surface area contributed by atoms with E-state index in [1.807, 2.05) is 0 Å². The zero-order valence-electron chi connectivity index (χ0n) is 17.2. The summed E-state index contributed by atoms with van der Waals surface area (Å²) in [6, 6.07) is 19.7. The summed E-state index contributed by atoms with van der Waals surface area (Å²) in [4.78, 5) is 26.3. The molecule has 5 nitrogen and oxygen atoms in total. The lowest BCUT2D eigenvalue weighted by Gasteiger charge is -2.16. The van der Waals surface area contributed by atoms with Crippen molar-refractivity contribution in [2.24, 2.45) is 0 Å². The highest BCUT2D eigenvalue weighted by Gasteiger charge is 2.30. The number of alkyl halides is 3. The molecule has 1 amide bonds. The maximum atomic E-state index is 12.9. The van der Waals surface area contributed by atoms with Crippen LogP contribution in [0.3, 0.4) is 0 Å². The van der Waals surface area contributed by atoms with Gasteiger partial charge in [0.15, 0.2) is 6.10 Å². The number of esters is 1. The Hall–Kier alpha value is -3.77. The number of ether oxygens (including phenoxy) is 1. The van der Waals surface area contributed by atoms with Gasteiger partial charge in [-0.2, -0.15) is 18.4 Å². The van der Waals surface area contributed by atoms with Gasteiger partial charge in [0.1, 0.15) is 6.07 Å². The minimum absolute atomic E-state index is 0.0678. The van der Waals surface area contributed by atoms with Crippen molar-refractivity contribution in [2.75, 3.05) is 5.32 Å². The van der Waals surface area contributed by atoms with Crippen LogP contribution >= 0.6 is 11.8 Å². The first-order valence-electron chi connectivity index (χ1n) is 9.64. The van der Waals surface area contributed by atoms with E-state index in [4.69, 9.17) is 4.74 Å². The van der Waals surface area contributed by atoms with Gasteiger partial charge in [-0.05, 0) is 49.4 Å². The second-order valence-electron chi connectivity index (χ2n) is 6.82. The maximum Gasteiger partial charge on any atom is 0.416 e. The molecule has 0 bridgehead atoms. The van der Waals surface area contributed by atoms with Crippen LogP contribution in [0.25, 0.3) is 0 Å². The van der Waals surface area contributed by atoms with Crippen molar-refractivity contribution in [3.8, 4) is 6.07 Å². The molecular formula is C24H17F3N2O3S. The molecule has 3 aromatic carbocycles. The molecule has 3 aromatic rings. The smallest absolute Gasteiger partial charge is 0.416 e. The van der Waals surface area contributed by atoms with E-state index in [1.165, 1.54) is 36.9 Å². The Morgan fingerprint density at radius 2 is 1.67 bits per heavy atom. The predicted molar refractivity (Wildman–Crippen MR) is 117 cm³/mol. The SMILES string of the molecule is C[C@@H](OC(=O)c1ccccc1Sc1ccccc1C#N)C(=O)Nc1cccc(C(F)(F)F)c1. The molecule has 0 spiro atoms. The Balaban J connectivity index is 1.71. The van der Waals surface area contributed by atoms with E-state index >= 15 is 0 Å².